The number of rotatable bonds is 0. The fraction of sp³-hybridized carbons (Fsp3) is 0.667. The van der Waals surface area contributed by atoms with Crippen molar-refractivity contribution in [3.8, 4) is 0 Å². The molecule has 58 valence electrons. The van der Waals surface area contributed by atoms with E-state index in [9.17, 15) is 5.11 Å². The van der Waals surface area contributed by atoms with E-state index in [4.69, 9.17) is 5.11 Å². The SMILES string of the molecule is O[C@@H]1C(Br)=C(Br)CC[C@@H]1O. The van der Waals surface area contributed by atoms with Crippen LogP contribution in [0.1, 0.15) is 12.8 Å². The summed E-state index contributed by atoms with van der Waals surface area (Å²) in [5, 5.41) is 18.4. The number of aliphatic hydroxyl groups is 2. The Bertz CT molecular complexity index is 167. The van der Waals surface area contributed by atoms with E-state index >= 15 is 0 Å². The van der Waals surface area contributed by atoms with Crippen molar-refractivity contribution in [2.24, 2.45) is 0 Å². The van der Waals surface area contributed by atoms with Crippen LogP contribution in [0.3, 0.4) is 0 Å². The molecule has 0 aromatic rings. The second-order valence-electron chi connectivity index (χ2n) is 2.30. The van der Waals surface area contributed by atoms with Gasteiger partial charge in [-0.25, -0.2) is 0 Å². The maximum atomic E-state index is 9.23. The quantitative estimate of drug-likeness (QED) is 0.701. The average Bonchev–Trinajstić information content (AvgIpc) is 1.93. The van der Waals surface area contributed by atoms with Crippen molar-refractivity contribution >= 4 is 31.9 Å². The molecule has 0 radical (unpaired) electrons. The molecule has 10 heavy (non-hydrogen) atoms. The van der Waals surface area contributed by atoms with Crippen LogP contribution in [0.2, 0.25) is 0 Å². The predicted molar refractivity (Wildman–Crippen MR) is 46.1 cm³/mol. The van der Waals surface area contributed by atoms with Gasteiger partial charge >= 0.3 is 0 Å². The van der Waals surface area contributed by atoms with Crippen molar-refractivity contribution in [1.29, 1.82) is 0 Å². The summed E-state index contributed by atoms with van der Waals surface area (Å²) in [4.78, 5) is 0. The highest BCUT2D eigenvalue weighted by atomic mass is 79.9. The molecule has 0 aromatic carbocycles. The Morgan fingerprint density at radius 1 is 1.30 bits per heavy atom. The second kappa shape index (κ2) is 3.34. The van der Waals surface area contributed by atoms with Crippen LogP contribution in [0.4, 0.5) is 0 Å². The molecular weight excluding hydrogens is 264 g/mol. The van der Waals surface area contributed by atoms with Crippen molar-refractivity contribution in [3.63, 3.8) is 0 Å². The lowest BCUT2D eigenvalue weighted by Crippen LogP contribution is -2.29. The summed E-state index contributed by atoms with van der Waals surface area (Å²) >= 11 is 6.47. The fourth-order valence-corrected chi connectivity index (χ4v) is 1.85. The van der Waals surface area contributed by atoms with E-state index in [1.807, 2.05) is 0 Å². The van der Waals surface area contributed by atoms with Gasteiger partial charge in [0.1, 0.15) is 6.10 Å². The Morgan fingerprint density at radius 3 is 2.40 bits per heavy atom. The summed E-state index contributed by atoms with van der Waals surface area (Å²) in [7, 11) is 0. The van der Waals surface area contributed by atoms with Crippen molar-refractivity contribution in [3.05, 3.63) is 8.96 Å². The molecule has 1 aliphatic rings. The van der Waals surface area contributed by atoms with E-state index in [0.29, 0.717) is 10.9 Å². The van der Waals surface area contributed by atoms with Gasteiger partial charge in [-0.15, -0.1) is 0 Å². The van der Waals surface area contributed by atoms with Crippen LogP contribution in [-0.4, -0.2) is 22.4 Å². The lowest BCUT2D eigenvalue weighted by molar-refractivity contribution is 0.0366. The molecule has 2 nitrogen and oxygen atoms in total. The number of allylic oxidation sites excluding steroid dienone is 1. The first-order valence-corrected chi connectivity index (χ1v) is 4.61. The third-order valence-corrected chi connectivity index (χ3v) is 3.85. The summed E-state index contributed by atoms with van der Waals surface area (Å²) in [6.45, 7) is 0. The molecule has 0 heterocycles. The van der Waals surface area contributed by atoms with Gasteiger partial charge < -0.3 is 10.2 Å². The lowest BCUT2D eigenvalue weighted by Gasteiger charge is -2.23. The molecule has 0 saturated carbocycles. The van der Waals surface area contributed by atoms with Crippen molar-refractivity contribution in [1.82, 2.24) is 0 Å². The number of hydrogen-bond donors (Lipinski definition) is 2. The maximum Gasteiger partial charge on any atom is 0.112 e. The molecule has 0 spiro atoms. The van der Waals surface area contributed by atoms with Gasteiger partial charge in [0.15, 0.2) is 0 Å². The zero-order valence-electron chi connectivity index (χ0n) is 5.22. The standard InChI is InChI=1S/C6H8Br2O2/c7-3-1-2-4(9)6(10)5(3)8/h4,6,9-10H,1-2H2/t4-,6-/m0/s1. The third-order valence-electron chi connectivity index (χ3n) is 1.54. The Morgan fingerprint density at radius 2 is 1.90 bits per heavy atom. The number of aliphatic hydroxyl groups excluding tert-OH is 2. The summed E-state index contributed by atoms with van der Waals surface area (Å²) in [6.07, 6.45) is 0.0501. The van der Waals surface area contributed by atoms with E-state index in [-0.39, 0.29) is 0 Å². The lowest BCUT2D eigenvalue weighted by atomic mass is 10.0. The summed E-state index contributed by atoms with van der Waals surface area (Å²) in [5.41, 5.74) is 0. The normalized spacial score (nSPS) is 34.8. The monoisotopic (exact) mass is 270 g/mol. The minimum Gasteiger partial charge on any atom is -0.390 e. The van der Waals surface area contributed by atoms with Gasteiger partial charge in [0.05, 0.1) is 6.10 Å². The van der Waals surface area contributed by atoms with Gasteiger partial charge in [0, 0.05) is 8.96 Å². The largest absolute Gasteiger partial charge is 0.390 e. The summed E-state index contributed by atoms with van der Waals surface area (Å²) in [5.74, 6) is 0. The molecule has 2 atom stereocenters. The first-order valence-electron chi connectivity index (χ1n) is 3.03. The Labute approximate surface area is 76.2 Å². The van der Waals surface area contributed by atoms with Gasteiger partial charge in [-0.1, -0.05) is 31.9 Å². The molecule has 0 aliphatic heterocycles. The summed E-state index contributed by atoms with van der Waals surface area (Å²) < 4.78 is 1.62. The molecular formula is C6H8Br2O2. The number of hydrogen-bond acceptors (Lipinski definition) is 2. The van der Waals surface area contributed by atoms with Crippen molar-refractivity contribution in [2.45, 2.75) is 25.0 Å². The molecule has 0 aromatic heterocycles. The fourth-order valence-electron chi connectivity index (χ4n) is 0.881. The Balaban J connectivity index is 2.77. The van der Waals surface area contributed by atoms with E-state index in [1.54, 1.807) is 0 Å². The van der Waals surface area contributed by atoms with Gasteiger partial charge in [-0.2, -0.15) is 0 Å². The van der Waals surface area contributed by atoms with E-state index < -0.39 is 12.2 Å². The van der Waals surface area contributed by atoms with Crippen LogP contribution in [0.15, 0.2) is 8.96 Å². The van der Waals surface area contributed by atoms with Crippen LogP contribution in [0.25, 0.3) is 0 Å². The van der Waals surface area contributed by atoms with Gasteiger partial charge in [0.2, 0.25) is 0 Å². The highest BCUT2D eigenvalue weighted by Gasteiger charge is 2.25. The van der Waals surface area contributed by atoms with Gasteiger partial charge in [-0.3, -0.25) is 0 Å². The molecule has 0 amide bonds. The minimum atomic E-state index is -0.747. The third kappa shape index (κ3) is 1.61. The zero-order valence-corrected chi connectivity index (χ0v) is 8.39. The first kappa shape index (κ1) is 8.71. The second-order valence-corrected chi connectivity index (χ2v) is 4.12. The molecule has 4 heteroatoms. The highest BCUT2D eigenvalue weighted by Crippen LogP contribution is 2.32. The minimum absolute atomic E-state index is 0.615. The van der Waals surface area contributed by atoms with Crippen LogP contribution in [0.5, 0.6) is 0 Å². The number of halogens is 2. The molecule has 0 saturated heterocycles. The van der Waals surface area contributed by atoms with E-state index in [1.165, 1.54) is 0 Å². The van der Waals surface area contributed by atoms with Crippen LogP contribution in [0, 0.1) is 0 Å². The van der Waals surface area contributed by atoms with Crippen LogP contribution < -0.4 is 0 Å². The summed E-state index contributed by atoms with van der Waals surface area (Å²) in [6, 6.07) is 0. The van der Waals surface area contributed by atoms with Gasteiger partial charge in [0.25, 0.3) is 0 Å². The Hall–Kier alpha value is 0.620. The van der Waals surface area contributed by atoms with Crippen molar-refractivity contribution in [2.75, 3.05) is 0 Å². The van der Waals surface area contributed by atoms with E-state index in [2.05, 4.69) is 31.9 Å². The van der Waals surface area contributed by atoms with Crippen LogP contribution >= 0.6 is 31.9 Å². The average molecular weight is 272 g/mol. The molecule has 1 rings (SSSR count). The maximum absolute atomic E-state index is 9.23. The Kier molecular flexibility index (Phi) is 2.91. The molecule has 2 N–H and O–H groups in total. The highest BCUT2D eigenvalue weighted by molar-refractivity contribution is 9.14. The van der Waals surface area contributed by atoms with E-state index in [0.717, 1.165) is 10.9 Å². The predicted octanol–water partition coefficient (Wildman–Crippen LogP) is 1.50. The molecule has 0 unspecified atom stereocenters. The van der Waals surface area contributed by atoms with Crippen molar-refractivity contribution < 1.29 is 10.2 Å². The smallest absolute Gasteiger partial charge is 0.112 e. The first-order chi connectivity index (χ1) is 4.63. The molecule has 0 fully saturated rings. The van der Waals surface area contributed by atoms with Crippen LogP contribution in [-0.2, 0) is 0 Å². The van der Waals surface area contributed by atoms with Gasteiger partial charge in [-0.05, 0) is 12.8 Å². The molecule has 1 aliphatic carbocycles. The molecule has 0 bridgehead atoms. The topological polar surface area (TPSA) is 40.5 Å². The zero-order chi connectivity index (χ0) is 7.72.